The molecule has 0 bridgehead atoms. The van der Waals surface area contributed by atoms with Gasteiger partial charge in [-0.15, -0.1) is 0 Å². The molecule has 3 heteroatoms. The van der Waals surface area contributed by atoms with Crippen LogP contribution in [0.3, 0.4) is 0 Å². The number of rotatable bonds is 5. The Kier molecular flexibility index (Phi) is 6.22. The van der Waals surface area contributed by atoms with Crippen LogP contribution in [0.2, 0.25) is 0 Å². The number of hydrogen-bond donors (Lipinski definition) is 1. The van der Waals surface area contributed by atoms with Crippen molar-refractivity contribution < 1.29 is 4.74 Å². The Balaban J connectivity index is 2.28. The smallest absolute Gasteiger partial charge is 0.0705 e. The van der Waals surface area contributed by atoms with Crippen LogP contribution >= 0.6 is 0 Å². The molecule has 0 aromatic carbocycles. The molecule has 1 aliphatic heterocycles. The van der Waals surface area contributed by atoms with Gasteiger partial charge in [0.1, 0.15) is 0 Å². The highest BCUT2D eigenvalue weighted by molar-refractivity contribution is 4.73. The van der Waals surface area contributed by atoms with Gasteiger partial charge in [0, 0.05) is 26.2 Å². The lowest BCUT2D eigenvalue weighted by molar-refractivity contribution is 0.0835. The number of nitrogens with zero attached hydrogens (tertiary/aromatic N) is 1. The number of nitrogens with two attached hydrogens (primary N) is 1. The Morgan fingerprint density at radius 2 is 2.20 bits per heavy atom. The highest BCUT2D eigenvalue weighted by atomic mass is 16.5. The number of hydrogen-bond acceptors (Lipinski definition) is 3. The van der Waals surface area contributed by atoms with Crippen molar-refractivity contribution in [3.05, 3.63) is 0 Å². The summed E-state index contributed by atoms with van der Waals surface area (Å²) in [5.41, 5.74) is 5.62. The molecule has 0 aliphatic carbocycles. The second kappa shape index (κ2) is 7.20. The molecule has 1 heterocycles. The second-order valence-electron chi connectivity index (χ2n) is 4.62. The van der Waals surface area contributed by atoms with E-state index in [0.717, 1.165) is 19.0 Å². The van der Waals surface area contributed by atoms with Crippen LogP contribution < -0.4 is 5.73 Å². The Hall–Kier alpha value is -0.120. The molecular formula is C12H26N2O. The maximum atomic E-state index is 5.62. The van der Waals surface area contributed by atoms with Gasteiger partial charge in [-0.05, 0) is 32.7 Å². The average molecular weight is 214 g/mol. The molecule has 1 saturated heterocycles. The fraction of sp³-hybridized carbons (Fsp3) is 1.00. The van der Waals surface area contributed by atoms with Crippen LogP contribution in [0, 0.1) is 0 Å². The lowest BCUT2D eigenvalue weighted by Crippen LogP contribution is -2.36. The summed E-state index contributed by atoms with van der Waals surface area (Å²) in [4.78, 5) is 2.59. The van der Waals surface area contributed by atoms with E-state index in [1.807, 2.05) is 0 Å². The lowest BCUT2D eigenvalue weighted by Gasteiger charge is -2.28. The van der Waals surface area contributed by atoms with E-state index in [1.54, 1.807) is 7.11 Å². The van der Waals surface area contributed by atoms with Crippen LogP contribution in [0.4, 0.5) is 0 Å². The summed E-state index contributed by atoms with van der Waals surface area (Å²) in [5, 5.41) is 0. The molecule has 0 radical (unpaired) electrons. The Morgan fingerprint density at radius 3 is 2.87 bits per heavy atom. The SMILES string of the molecule is COC(CN)CCN1CCCCCC1C. The molecule has 2 atom stereocenters. The first-order valence-electron chi connectivity index (χ1n) is 6.24. The molecule has 0 aromatic rings. The topological polar surface area (TPSA) is 38.5 Å². The Labute approximate surface area is 94.0 Å². The van der Waals surface area contributed by atoms with E-state index in [0.29, 0.717) is 6.54 Å². The van der Waals surface area contributed by atoms with Gasteiger partial charge in [-0.3, -0.25) is 0 Å². The van der Waals surface area contributed by atoms with Crippen molar-refractivity contribution in [3.63, 3.8) is 0 Å². The van der Waals surface area contributed by atoms with Gasteiger partial charge in [0.25, 0.3) is 0 Å². The maximum Gasteiger partial charge on any atom is 0.0705 e. The van der Waals surface area contributed by atoms with Crippen LogP contribution in [0.25, 0.3) is 0 Å². The van der Waals surface area contributed by atoms with Crippen LogP contribution in [-0.4, -0.2) is 43.8 Å². The van der Waals surface area contributed by atoms with Gasteiger partial charge in [0.15, 0.2) is 0 Å². The minimum absolute atomic E-state index is 0.237. The molecule has 1 rings (SSSR count). The predicted molar refractivity (Wildman–Crippen MR) is 64.0 cm³/mol. The second-order valence-corrected chi connectivity index (χ2v) is 4.62. The van der Waals surface area contributed by atoms with Crippen molar-refractivity contribution in [2.75, 3.05) is 26.7 Å². The number of likely N-dealkylation sites (tertiary alicyclic amines) is 1. The summed E-state index contributed by atoms with van der Waals surface area (Å²) in [7, 11) is 1.75. The third kappa shape index (κ3) is 4.49. The first-order chi connectivity index (χ1) is 7.27. The third-order valence-electron chi connectivity index (χ3n) is 3.53. The molecule has 2 unspecified atom stereocenters. The minimum Gasteiger partial charge on any atom is -0.380 e. The average Bonchev–Trinajstić information content (AvgIpc) is 2.45. The van der Waals surface area contributed by atoms with Gasteiger partial charge in [-0.25, -0.2) is 0 Å². The van der Waals surface area contributed by atoms with E-state index in [2.05, 4.69) is 11.8 Å². The molecule has 0 spiro atoms. The van der Waals surface area contributed by atoms with E-state index in [4.69, 9.17) is 10.5 Å². The number of methoxy groups -OCH3 is 1. The standard InChI is InChI=1S/C12H26N2O/c1-11-6-4-3-5-8-14(11)9-7-12(10-13)15-2/h11-12H,3-10,13H2,1-2H3. The van der Waals surface area contributed by atoms with Gasteiger partial charge in [0.2, 0.25) is 0 Å². The van der Waals surface area contributed by atoms with E-state index >= 15 is 0 Å². The summed E-state index contributed by atoms with van der Waals surface area (Å²) in [6.07, 6.45) is 6.79. The third-order valence-corrected chi connectivity index (χ3v) is 3.53. The molecule has 3 nitrogen and oxygen atoms in total. The van der Waals surface area contributed by atoms with E-state index in [-0.39, 0.29) is 6.10 Å². The highest BCUT2D eigenvalue weighted by Gasteiger charge is 2.17. The molecule has 1 aliphatic rings. The molecule has 1 fully saturated rings. The monoisotopic (exact) mass is 214 g/mol. The molecular weight excluding hydrogens is 188 g/mol. The summed E-state index contributed by atoms with van der Waals surface area (Å²) in [6.45, 7) is 5.37. The lowest BCUT2D eigenvalue weighted by atomic mass is 10.1. The van der Waals surface area contributed by atoms with Gasteiger partial charge in [0.05, 0.1) is 6.10 Å². The largest absolute Gasteiger partial charge is 0.380 e. The van der Waals surface area contributed by atoms with Gasteiger partial charge < -0.3 is 15.4 Å². The van der Waals surface area contributed by atoms with Gasteiger partial charge >= 0.3 is 0 Å². The van der Waals surface area contributed by atoms with Crippen molar-refractivity contribution in [1.29, 1.82) is 0 Å². The molecule has 0 aromatic heterocycles. The van der Waals surface area contributed by atoms with Crippen LogP contribution in [0.1, 0.15) is 39.0 Å². The summed E-state index contributed by atoms with van der Waals surface area (Å²) >= 11 is 0. The normalized spacial score (nSPS) is 26.2. The van der Waals surface area contributed by atoms with Crippen molar-refractivity contribution in [2.24, 2.45) is 5.73 Å². The molecule has 0 saturated carbocycles. The van der Waals surface area contributed by atoms with Gasteiger partial charge in [-0.2, -0.15) is 0 Å². The highest BCUT2D eigenvalue weighted by Crippen LogP contribution is 2.16. The van der Waals surface area contributed by atoms with Crippen LogP contribution in [0.15, 0.2) is 0 Å². The maximum absolute atomic E-state index is 5.62. The first kappa shape index (κ1) is 12.9. The zero-order chi connectivity index (χ0) is 11.1. The Morgan fingerprint density at radius 1 is 1.40 bits per heavy atom. The molecule has 90 valence electrons. The molecule has 2 N–H and O–H groups in total. The van der Waals surface area contributed by atoms with E-state index in [9.17, 15) is 0 Å². The number of ether oxygens (including phenoxy) is 1. The minimum atomic E-state index is 0.237. The van der Waals surface area contributed by atoms with Crippen molar-refractivity contribution in [3.8, 4) is 0 Å². The quantitative estimate of drug-likeness (QED) is 0.755. The van der Waals surface area contributed by atoms with E-state index < -0.39 is 0 Å². The van der Waals surface area contributed by atoms with Crippen molar-refractivity contribution >= 4 is 0 Å². The summed E-state index contributed by atoms with van der Waals surface area (Å²) < 4.78 is 5.31. The zero-order valence-corrected chi connectivity index (χ0v) is 10.2. The van der Waals surface area contributed by atoms with Gasteiger partial charge in [-0.1, -0.05) is 12.8 Å². The van der Waals surface area contributed by atoms with Crippen molar-refractivity contribution in [2.45, 2.75) is 51.2 Å². The molecule has 0 amide bonds. The van der Waals surface area contributed by atoms with Crippen LogP contribution in [0.5, 0.6) is 0 Å². The zero-order valence-electron chi connectivity index (χ0n) is 10.2. The fourth-order valence-electron chi connectivity index (χ4n) is 2.31. The predicted octanol–water partition coefficient (Wildman–Crippen LogP) is 1.61. The summed E-state index contributed by atoms with van der Waals surface area (Å²) in [6, 6.07) is 0.739. The fourth-order valence-corrected chi connectivity index (χ4v) is 2.31. The Bertz CT molecular complexity index is 160. The van der Waals surface area contributed by atoms with Crippen LogP contribution in [-0.2, 0) is 4.74 Å². The van der Waals surface area contributed by atoms with Crippen molar-refractivity contribution in [1.82, 2.24) is 4.90 Å². The first-order valence-corrected chi connectivity index (χ1v) is 6.24. The van der Waals surface area contributed by atoms with E-state index in [1.165, 1.54) is 32.2 Å². The molecule has 15 heavy (non-hydrogen) atoms. The summed E-state index contributed by atoms with van der Waals surface area (Å²) in [5.74, 6) is 0.